The van der Waals surface area contributed by atoms with Gasteiger partial charge in [-0.1, -0.05) is 42.5 Å². The minimum atomic E-state index is -4.34. The molecule has 0 bridgehead atoms. The summed E-state index contributed by atoms with van der Waals surface area (Å²) < 4.78 is 61.7. The van der Waals surface area contributed by atoms with Crippen molar-refractivity contribution >= 4 is 17.7 Å². The van der Waals surface area contributed by atoms with Crippen molar-refractivity contribution in [1.82, 2.24) is 0 Å². The Balaban J connectivity index is 1.96. The normalized spacial score (nSPS) is 13.1. The SMILES string of the molecule is CCOP(=O)(OCC)C(CCc1ccc(OCCc2ccccc2)cc1)CS(=O)(=O)O. The third-order valence-electron chi connectivity index (χ3n) is 4.66. The van der Waals surface area contributed by atoms with Gasteiger partial charge < -0.3 is 13.8 Å². The first-order valence-electron chi connectivity index (χ1n) is 10.4. The zero-order chi connectivity index (χ0) is 22.7. The number of hydrogen-bond donors (Lipinski definition) is 1. The van der Waals surface area contributed by atoms with Gasteiger partial charge in [-0.25, -0.2) is 0 Å². The minimum Gasteiger partial charge on any atom is -0.493 e. The summed E-state index contributed by atoms with van der Waals surface area (Å²) in [6.45, 7) is 4.12. The van der Waals surface area contributed by atoms with Gasteiger partial charge in [0.2, 0.25) is 0 Å². The summed E-state index contributed by atoms with van der Waals surface area (Å²) in [5, 5.41) is 0. The maximum Gasteiger partial charge on any atom is 0.334 e. The van der Waals surface area contributed by atoms with Crippen molar-refractivity contribution in [3.63, 3.8) is 0 Å². The molecule has 0 saturated heterocycles. The van der Waals surface area contributed by atoms with Gasteiger partial charge in [0, 0.05) is 6.42 Å². The molecule has 0 spiro atoms. The monoisotopic (exact) mass is 470 g/mol. The van der Waals surface area contributed by atoms with Crippen molar-refractivity contribution in [1.29, 1.82) is 0 Å². The standard InChI is InChI=1S/C22H31O7PS/c1-3-28-30(23,29-4-2)22(18-31(24,25)26)15-12-20-10-13-21(14-11-20)27-17-16-19-8-6-5-7-9-19/h5-11,13-14,22H,3-4,12,15-18H2,1-2H3,(H,24,25,26). The molecule has 7 nitrogen and oxygen atoms in total. The highest BCUT2D eigenvalue weighted by Gasteiger charge is 2.38. The number of benzene rings is 2. The van der Waals surface area contributed by atoms with Gasteiger partial charge in [0.1, 0.15) is 5.75 Å². The van der Waals surface area contributed by atoms with Gasteiger partial charge in [-0.15, -0.1) is 0 Å². The maximum atomic E-state index is 13.1. The highest BCUT2D eigenvalue weighted by Crippen LogP contribution is 2.54. The van der Waals surface area contributed by atoms with E-state index in [-0.39, 0.29) is 19.6 Å². The van der Waals surface area contributed by atoms with Crippen molar-refractivity contribution in [3.05, 3.63) is 65.7 Å². The van der Waals surface area contributed by atoms with Gasteiger partial charge in [-0.05, 0) is 49.9 Å². The Kier molecular flexibility index (Phi) is 10.2. The third-order valence-corrected chi connectivity index (χ3v) is 8.30. The van der Waals surface area contributed by atoms with E-state index in [4.69, 9.17) is 13.8 Å². The summed E-state index contributed by atoms with van der Waals surface area (Å²) in [5.74, 6) is 0.0637. The van der Waals surface area contributed by atoms with Gasteiger partial charge in [0.25, 0.3) is 10.1 Å². The van der Waals surface area contributed by atoms with Crippen molar-refractivity contribution in [2.75, 3.05) is 25.6 Å². The Morgan fingerprint density at radius 1 is 0.903 bits per heavy atom. The molecule has 1 atom stereocenters. The third kappa shape index (κ3) is 9.13. The Morgan fingerprint density at radius 2 is 1.48 bits per heavy atom. The van der Waals surface area contributed by atoms with E-state index in [0.717, 1.165) is 17.7 Å². The lowest BCUT2D eigenvalue weighted by molar-refractivity contribution is 0.212. The summed E-state index contributed by atoms with van der Waals surface area (Å²) in [7, 11) is -8.02. The van der Waals surface area contributed by atoms with E-state index in [0.29, 0.717) is 13.0 Å². The van der Waals surface area contributed by atoms with Crippen molar-refractivity contribution in [2.24, 2.45) is 0 Å². The van der Waals surface area contributed by atoms with Gasteiger partial charge in [0.15, 0.2) is 0 Å². The fourth-order valence-corrected chi connectivity index (χ4v) is 6.81. The largest absolute Gasteiger partial charge is 0.493 e. The van der Waals surface area contributed by atoms with Crippen LogP contribution in [-0.4, -0.2) is 44.2 Å². The van der Waals surface area contributed by atoms with Crippen LogP contribution in [0.15, 0.2) is 54.6 Å². The van der Waals surface area contributed by atoms with Crippen LogP contribution in [0.4, 0.5) is 0 Å². The smallest absolute Gasteiger partial charge is 0.334 e. The lowest BCUT2D eigenvalue weighted by Gasteiger charge is -2.25. The molecule has 0 heterocycles. The van der Waals surface area contributed by atoms with Gasteiger partial charge >= 0.3 is 7.60 Å². The summed E-state index contributed by atoms with van der Waals surface area (Å²) >= 11 is 0. The van der Waals surface area contributed by atoms with Crippen LogP contribution in [0, 0.1) is 0 Å². The zero-order valence-corrected chi connectivity index (χ0v) is 19.7. The number of hydrogen-bond acceptors (Lipinski definition) is 6. The van der Waals surface area contributed by atoms with Gasteiger partial charge in [-0.3, -0.25) is 9.12 Å². The Morgan fingerprint density at radius 3 is 2.03 bits per heavy atom. The second kappa shape index (κ2) is 12.4. The van der Waals surface area contributed by atoms with Crippen molar-refractivity contribution in [2.45, 2.75) is 38.8 Å². The molecule has 0 amide bonds. The maximum absolute atomic E-state index is 13.1. The van der Waals surface area contributed by atoms with Crippen LogP contribution < -0.4 is 4.74 Å². The second-order valence-electron chi connectivity index (χ2n) is 7.04. The second-order valence-corrected chi connectivity index (χ2v) is 10.9. The quantitative estimate of drug-likeness (QED) is 0.314. The van der Waals surface area contributed by atoms with E-state index < -0.39 is 29.1 Å². The molecule has 0 aliphatic carbocycles. The van der Waals surface area contributed by atoms with Crippen LogP contribution >= 0.6 is 7.60 Å². The van der Waals surface area contributed by atoms with E-state index in [9.17, 15) is 17.5 Å². The molecule has 31 heavy (non-hydrogen) atoms. The molecule has 0 fully saturated rings. The predicted octanol–water partition coefficient (Wildman–Crippen LogP) is 4.76. The van der Waals surface area contributed by atoms with Crippen LogP contribution in [0.3, 0.4) is 0 Å². The first-order valence-corrected chi connectivity index (χ1v) is 13.6. The molecule has 2 aromatic carbocycles. The molecule has 1 unspecified atom stereocenters. The van der Waals surface area contributed by atoms with Crippen LogP contribution in [0.1, 0.15) is 31.4 Å². The molecule has 2 rings (SSSR count). The lowest BCUT2D eigenvalue weighted by Crippen LogP contribution is -2.24. The van der Waals surface area contributed by atoms with Crippen molar-refractivity contribution in [3.8, 4) is 5.75 Å². The van der Waals surface area contributed by atoms with E-state index >= 15 is 0 Å². The first-order chi connectivity index (χ1) is 14.8. The van der Waals surface area contributed by atoms with Crippen molar-refractivity contribution < 1.29 is 31.3 Å². The molecule has 2 aromatic rings. The van der Waals surface area contributed by atoms with Gasteiger partial charge in [-0.2, -0.15) is 8.42 Å². The molecule has 0 radical (unpaired) electrons. The van der Waals surface area contributed by atoms with Crippen LogP contribution in [0.25, 0.3) is 0 Å². The predicted molar refractivity (Wildman–Crippen MR) is 121 cm³/mol. The lowest BCUT2D eigenvalue weighted by atomic mass is 10.1. The minimum absolute atomic E-state index is 0.119. The molecule has 0 aliphatic heterocycles. The molecule has 172 valence electrons. The average Bonchev–Trinajstić information content (AvgIpc) is 2.72. The molecular weight excluding hydrogens is 439 g/mol. The number of ether oxygens (including phenoxy) is 1. The molecule has 0 aromatic heterocycles. The van der Waals surface area contributed by atoms with E-state index in [1.165, 1.54) is 5.56 Å². The summed E-state index contributed by atoms with van der Waals surface area (Å²) in [6, 6.07) is 17.5. The fourth-order valence-electron chi connectivity index (χ4n) is 3.20. The molecule has 9 heteroatoms. The van der Waals surface area contributed by atoms with Crippen LogP contribution in [-0.2, 0) is 36.6 Å². The molecule has 0 aliphatic rings. The summed E-state index contributed by atoms with van der Waals surface area (Å²) in [6.07, 6.45) is 1.49. The number of aryl methyl sites for hydroxylation is 1. The Hall–Kier alpha value is -1.70. The van der Waals surface area contributed by atoms with Crippen LogP contribution in [0.5, 0.6) is 5.75 Å². The first kappa shape index (κ1) is 25.6. The van der Waals surface area contributed by atoms with E-state index in [1.807, 2.05) is 42.5 Å². The van der Waals surface area contributed by atoms with E-state index in [1.54, 1.807) is 13.8 Å². The fraction of sp³-hybridized carbons (Fsp3) is 0.455. The van der Waals surface area contributed by atoms with Crippen LogP contribution in [0.2, 0.25) is 0 Å². The highest BCUT2D eigenvalue weighted by atomic mass is 32.2. The van der Waals surface area contributed by atoms with Gasteiger partial charge in [0.05, 0.1) is 31.2 Å². The summed E-state index contributed by atoms with van der Waals surface area (Å²) in [4.78, 5) is 0. The Bertz CT molecular complexity index is 920. The molecular formula is C22H31O7PS. The molecule has 0 saturated carbocycles. The topological polar surface area (TPSA) is 99.1 Å². The summed E-state index contributed by atoms with van der Waals surface area (Å²) in [5.41, 5.74) is 1.18. The van der Waals surface area contributed by atoms with E-state index in [2.05, 4.69) is 12.1 Å². The number of rotatable bonds is 14. The molecule has 1 N–H and O–H groups in total. The Labute approximate surface area is 185 Å². The average molecular weight is 471 g/mol. The zero-order valence-electron chi connectivity index (χ0n) is 18.0. The highest BCUT2D eigenvalue weighted by molar-refractivity contribution is 7.86.